The van der Waals surface area contributed by atoms with E-state index in [1.165, 1.54) is 11.9 Å². The van der Waals surface area contributed by atoms with Crippen LogP contribution >= 0.6 is 0 Å². The summed E-state index contributed by atoms with van der Waals surface area (Å²) in [7, 11) is 0. The normalized spacial score (nSPS) is 11.8. The lowest BCUT2D eigenvalue weighted by molar-refractivity contribution is -0.143. The maximum Gasteiger partial charge on any atom is 0.326 e. The van der Waals surface area contributed by atoms with Gasteiger partial charge in [-0.15, -0.1) is 0 Å². The number of anilines is 2. The van der Waals surface area contributed by atoms with E-state index in [1.54, 1.807) is 11.5 Å². The number of nitrogens with one attached hydrogen (secondary N) is 2. The maximum atomic E-state index is 13.1. The number of fused-ring (bicyclic) bond motifs is 1. The van der Waals surface area contributed by atoms with E-state index >= 15 is 0 Å². The Morgan fingerprint density at radius 3 is 2.45 bits per heavy atom. The van der Waals surface area contributed by atoms with E-state index in [0.717, 1.165) is 24.8 Å². The number of hydrogen-bond donors (Lipinski definition) is 2. The van der Waals surface area contributed by atoms with E-state index in [9.17, 15) is 9.59 Å². The Morgan fingerprint density at radius 1 is 1.00 bits per heavy atom. The van der Waals surface area contributed by atoms with Crippen LogP contribution in [0.4, 0.5) is 11.8 Å². The number of amides is 1. The van der Waals surface area contributed by atoms with E-state index in [4.69, 9.17) is 4.74 Å². The second-order valence-electron chi connectivity index (χ2n) is 9.05. The number of imidazole rings is 1. The van der Waals surface area contributed by atoms with Crippen LogP contribution in [0.15, 0.2) is 60.9 Å². The highest BCUT2D eigenvalue weighted by Gasteiger charge is 2.18. The van der Waals surface area contributed by atoms with Crippen molar-refractivity contribution in [2.24, 2.45) is 0 Å². The fraction of sp³-hybridized carbons (Fsp3) is 0.345. The van der Waals surface area contributed by atoms with Crippen molar-refractivity contribution in [1.29, 1.82) is 0 Å². The average Bonchev–Trinajstić information content (AvgIpc) is 3.33. The van der Waals surface area contributed by atoms with Gasteiger partial charge in [0.2, 0.25) is 5.95 Å². The molecule has 2 aromatic carbocycles. The second kappa shape index (κ2) is 12.8. The van der Waals surface area contributed by atoms with Crippen molar-refractivity contribution >= 4 is 34.8 Å². The molecule has 0 saturated heterocycles. The molecule has 0 aliphatic rings. The molecule has 9 heteroatoms. The summed E-state index contributed by atoms with van der Waals surface area (Å²) in [5.74, 6) is 0.344. The van der Waals surface area contributed by atoms with Gasteiger partial charge in [0.05, 0.1) is 12.9 Å². The topological polar surface area (TPSA) is 111 Å². The Bertz CT molecular complexity index is 1370. The molecule has 0 saturated carbocycles. The van der Waals surface area contributed by atoms with Crippen LogP contribution in [0.25, 0.3) is 11.2 Å². The quantitative estimate of drug-likeness (QED) is 0.239. The Balaban J connectivity index is 1.60. The van der Waals surface area contributed by atoms with Crippen LogP contribution in [0.1, 0.15) is 67.4 Å². The third-order valence-electron chi connectivity index (χ3n) is 6.37. The monoisotopic (exact) mass is 514 g/mol. The molecule has 4 rings (SSSR count). The van der Waals surface area contributed by atoms with Crippen molar-refractivity contribution in [3.63, 3.8) is 0 Å². The lowest BCUT2D eigenvalue weighted by atomic mass is 9.91. The molecule has 1 atom stereocenters. The van der Waals surface area contributed by atoms with Gasteiger partial charge < -0.3 is 14.6 Å². The summed E-state index contributed by atoms with van der Waals surface area (Å²) in [6.45, 7) is 6.85. The molecule has 1 unspecified atom stereocenters. The molecule has 2 aromatic heterocycles. The molecule has 38 heavy (non-hydrogen) atoms. The molecular weight excluding hydrogens is 480 g/mol. The number of hydrogen-bond acceptors (Lipinski definition) is 7. The standard InChI is InChI=1S/C29H34N6O3/c1-4-10-21(5-2)22-13-15-23(16-14-22)28(37)34-29-32-26(30-17-20-11-8-7-9-12-20)25-27(33-29)35(19-31-25)18-24(36)38-6-3/h7-9,11-16,19,21H,4-6,10,17-18H2,1-3H3,(H2,30,32,33,34,37). The molecule has 2 N–H and O–H groups in total. The van der Waals surface area contributed by atoms with Gasteiger partial charge in [-0.05, 0) is 48.9 Å². The SMILES string of the molecule is CCCC(CC)c1ccc(C(=O)Nc2nc(NCc3ccccc3)c3ncn(CC(=O)OCC)c3n2)cc1. The minimum atomic E-state index is -0.400. The number of rotatable bonds is 12. The van der Waals surface area contributed by atoms with Gasteiger partial charge in [0.1, 0.15) is 6.54 Å². The van der Waals surface area contributed by atoms with Crippen LogP contribution < -0.4 is 10.6 Å². The largest absolute Gasteiger partial charge is 0.465 e. The van der Waals surface area contributed by atoms with Gasteiger partial charge >= 0.3 is 5.97 Å². The minimum absolute atomic E-state index is 0.0509. The molecule has 0 spiro atoms. The molecule has 9 nitrogen and oxygen atoms in total. The summed E-state index contributed by atoms with van der Waals surface area (Å²) in [4.78, 5) is 38.7. The first-order chi connectivity index (χ1) is 18.5. The van der Waals surface area contributed by atoms with Crippen molar-refractivity contribution in [2.45, 2.75) is 59.0 Å². The van der Waals surface area contributed by atoms with E-state index in [1.807, 2.05) is 54.6 Å². The highest BCUT2D eigenvalue weighted by Crippen LogP contribution is 2.25. The number of esters is 1. The van der Waals surface area contributed by atoms with Crippen molar-refractivity contribution in [2.75, 3.05) is 17.2 Å². The zero-order valence-corrected chi connectivity index (χ0v) is 22.1. The molecule has 0 fully saturated rings. The number of ether oxygens (including phenoxy) is 1. The third-order valence-corrected chi connectivity index (χ3v) is 6.37. The van der Waals surface area contributed by atoms with Crippen molar-refractivity contribution in [3.8, 4) is 0 Å². The van der Waals surface area contributed by atoms with Gasteiger partial charge in [-0.3, -0.25) is 14.9 Å². The molecule has 0 aliphatic carbocycles. The van der Waals surface area contributed by atoms with Gasteiger partial charge in [0.25, 0.3) is 5.91 Å². The first kappa shape index (κ1) is 26.8. The average molecular weight is 515 g/mol. The lowest BCUT2D eigenvalue weighted by Gasteiger charge is -2.14. The summed E-state index contributed by atoms with van der Waals surface area (Å²) in [5.41, 5.74) is 3.72. The summed E-state index contributed by atoms with van der Waals surface area (Å²) < 4.78 is 6.67. The first-order valence-corrected chi connectivity index (χ1v) is 13.1. The summed E-state index contributed by atoms with van der Waals surface area (Å²) in [6, 6.07) is 17.6. The zero-order chi connectivity index (χ0) is 26.9. The van der Waals surface area contributed by atoms with Gasteiger partial charge in [0.15, 0.2) is 17.0 Å². The fourth-order valence-corrected chi connectivity index (χ4v) is 4.40. The summed E-state index contributed by atoms with van der Waals surface area (Å²) in [5, 5.41) is 6.11. The number of aromatic nitrogens is 4. The smallest absolute Gasteiger partial charge is 0.326 e. The Labute approximate surface area is 222 Å². The highest BCUT2D eigenvalue weighted by atomic mass is 16.5. The molecule has 0 aliphatic heterocycles. The Kier molecular flexibility index (Phi) is 9.02. The molecule has 0 radical (unpaired) electrons. The number of carbonyl (C=O) groups excluding carboxylic acids is 2. The first-order valence-electron chi connectivity index (χ1n) is 13.1. The lowest BCUT2D eigenvalue weighted by Crippen LogP contribution is -2.17. The van der Waals surface area contributed by atoms with Crippen molar-refractivity contribution < 1.29 is 14.3 Å². The maximum absolute atomic E-state index is 13.1. The van der Waals surface area contributed by atoms with Crippen molar-refractivity contribution in [1.82, 2.24) is 19.5 Å². The van der Waals surface area contributed by atoms with Crippen LogP contribution in [0.5, 0.6) is 0 Å². The van der Waals surface area contributed by atoms with Crippen LogP contribution in [0.2, 0.25) is 0 Å². The molecule has 198 valence electrons. The molecule has 4 aromatic rings. The van der Waals surface area contributed by atoms with E-state index in [2.05, 4.69) is 39.4 Å². The van der Waals surface area contributed by atoms with E-state index in [-0.39, 0.29) is 25.0 Å². The predicted molar refractivity (Wildman–Crippen MR) is 148 cm³/mol. The highest BCUT2D eigenvalue weighted by molar-refractivity contribution is 6.04. The van der Waals surface area contributed by atoms with Gasteiger partial charge in [-0.2, -0.15) is 9.97 Å². The van der Waals surface area contributed by atoms with Crippen LogP contribution in [0.3, 0.4) is 0 Å². The minimum Gasteiger partial charge on any atom is -0.465 e. The molecule has 1 amide bonds. The van der Waals surface area contributed by atoms with Crippen LogP contribution in [-0.4, -0.2) is 38.0 Å². The summed E-state index contributed by atoms with van der Waals surface area (Å²) in [6.07, 6.45) is 4.82. The van der Waals surface area contributed by atoms with Gasteiger partial charge in [-0.1, -0.05) is 62.7 Å². The molecule has 2 heterocycles. The van der Waals surface area contributed by atoms with E-state index in [0.29, 0.717) is 35.0 Å². The third kappa shape index (κ3) is 6.53. The Morgan fingerprint density at radius 2 is 1.76 bits per heavy atom. The van der Waals surface area contributed by atoms with Crippen LogP contribution in [0, 0.1) is 0 Å². The predicted octanol–water partition coefficient (Wildman–Crippen LogP) is 5.55. The Hall–Kier alpha value is -4.27. The second-order valence-corrected chi connectivity index (χ2v) is 9.05. The zero-order valence-electron chi connectivity index (χ0n) is 22.1. The van der Waals surface area contributed by atoms with Gasteiger partial charge in [-0.25, -0.2) is 4.98 Å². The fourth-order valence-electron chi connectivity index (χ4n) is 4.40. The van der Waals surface area contributed by atoms with Crippen LogP contribution in [-0.2, 0) is 22.6 Å². The molecule has 0 bridgehead atoms. The molecular formula is C29H34N6O3. The number of benzene rings is 2. The van der Waals surface area contributed by atoms with Crippen molar-refractivity contribution in [3.05, 3.63) is 77.6 Å². The number of nitrogens with zero attached hydrogens (tertiary/aromatic N) is 4. The van der Waals surface area contributed by atoms with E-state index < -0.39 is 5.97 Å². The van der Waals surface area contributed by atoms with Gasteiger partial charge in [0, 0.05) is 12.1 Å². The number of carbonyl (C=O) groups is 2. The summed E-state index contributed by atoms with van der Waals surface area (Å²) >= 11 is 0.